The second-order valence-corrected chi connectivity index (χ2v) is 4.38. The Balaban J connectivity index is 2.08. The average Bonchev–Trinajstić information content (AvgIpc) is 2.44. The number of ether oxygens (including phenoxy) is 1. The van der Waals surface area contributed by atoms with E-state index in [0.29, 0.717) is 23.4 Å². The summed E-state index contributed by atoms with van der Waals surface area (Å²) < 4.78 is 18.5. The van der Waals surface area contributed by atoms with Gasteiger partial charge in [0.2, 0.25) is 0 Å². The molecule has 0 aliphatic rings. The van der Waals surface area contributed by atoms with Crippen LogP contribution >= 0.6 is 0 Å². The monoisotopic (exact) mass is 273 g/mol. The smallest absolute Gasteiger partial charge is 0.255 e. The Morgan fingerprint density at radius 1 is 1.20 bits per heavy atom. The van der Waals surface area contributed by atoms with Crippen LogP contribution in [0.2, 0.25) is 0 Å². The zero-order valence-electron chi connectivity index (χ0n) is 11.4. The van der Waals surface area contributed by atoms with Crippen molar-refractivity contribution >= 4 is 11.6 Å². The maximum absolute atomic E-state index is 13.2. The minimum absolute atomic E-state index is 0.266. The molecule has 0 heterocycles. The number of carbonyl (C=O) groups excluding carboxylic acids is 1. The molecule has 104 valence electrons. The maximum Gasteiger partial charge on any atom is 0.255 e. The van der Waals surface area contributed by atoms with Gasteiger partial charge in [-0.15, -0.1) is 0 Å². The van der Waals surface area contributed by atoms with Crippen molar-refractivity contribution < 1.29 is 13.9 Å². The summed E-state index contributed by atoms with van der Waals surface area (Å²) in [5.41, 5.74) is 1.54. The van der Waals surface area contributed by atoms with E-state index < -0.39 is 0 Å². The predicted octanol–water partition coefficient (Wildman–Crippen LogP) is 3.79. The number of amides is 1. The van der Waals surface area contributed by atoms with Crippen molar-refractivity contribution in [3.8, 4) is 5.75 Å². The highest BCUT2D eigenvalue weighted by Gasteiger charge is 2.08. The van der Waals surface area contributed by atoms with Crippen LogP contribution in [-0.2, 0) is 0 Å². The molecule has 0 aromatic heterocycles. The molecule has 1 amide bonds. The molecular formula is C16H16FNO2. The maximum atomic E-state index is 13.2. The number of rotatable bonds is 4. The molecule has 2 aromatic carbocycles. The first kappa shape index (κ1) is 14.1. The minimum Gasteiger partial charge on any atom is -0.494 e. The van der Waals surface area contributed by atoms with E-state index >= 15 is 0 Å². The van der Waals surface area contributed by atoms with Gasteiger partial charge in [0.25, 0.3) is 5.91 Å². The first-order valence-corrected chi connectivity index (χ1v) is 6.40. The molecule has 0 unspecified atom stereocenters. The fourth-order valence-corrected chi connectivity index (χ4v) is 1.79. The van der Waals surface area contributed by atoms with Gasteiger partial charge in [-0.2, -0.15) is 0 Å². The number of carbonyl (C=O) groups is 1. The number of halogens is 1. The van der Waals surface area contributed by atoms with Gasteiger partial charge in [-0.1, -0.05) is 0 Å². The molecule has 0 atom stereocenters. The summed E-state index contributed by atoms with van der Waals surface area (Å²) in [6.07, 6.45) is 0. The number of benzene rings is 2. The zero-order valence-corrected chi connectivity index (χ0v) is 11.4. The SMILES string of the molecule is CCOc1ccc(NC(=O)c2ccc(F)c(C)c2)cc1. The van der Waals surface area contributed by atoms with Gasteiger partial charge >= 0.3 is 0 Å². The summed E-state index contributed by atoms with van der Waals surface area (Å²) in [6.45, 7) is 4.14. The van der Waals surface area contributed by atoms with Crippen LogP contribution in [0, 0.1) is 12.7 Å². The number of nitrogens with one attached hydrogen (secondary N) is 1. The van der Waals surface area contributed by atoms with E-state index in [9.17, 15) is 9.18 Å². The highest BCUT2D eigenvalue weighted by Crippen LogP contribution is 2.17. The first-order valence-electron chi connectivity index (χ1n) is 6.40. The fraction of sp³-hybridized carbons (Fsp3) is 0.188. The molecule has 0 saturated carbocycles. The standard InChI is InChI=1S/C16H16FNO2/c1-3-20-14-7-5-13(6-8-14)18-16(19)12-4-9-15(17)11(2)10-12/h4-10H,3H2,1-2H3,(H,18,19). The Morgan fingerprint density at radius 2 is 1.90 bits per heavy atom. The van der Waals surface area contributed by atoms with Gasteiger partial charge in [-0.25, -0.2) is 4.39 Å². The van der Waals surface area contributed by atoms with E-state index in [1.807, 2.05) is 6.92 Å². The molecule has 2 aromatic rings. The van der Waals surface area contributed by atoms with Crippen LogP contribution in [-0.4, -0.2) is 12.5 Å². The Kier molecular flexibility index (Phi) is 4.35. The minimum atomic E-state index is -0.317. The van der Waals surface area contributed by atoms with E-state index in [-0.39, 0.29) is 11.7 Å². The Morgan fingerprint density at radius 3 is 2.50 bits per heavy atom. The second kappa shape index (κ2) is 6.19. The van der Waals surface area contributed by atoms with Crippen molar-refractivity contribution in [3.63, 3.8) is 0 Å². The van der Waals surface area contributed by atoms with Gasteiger partial charge in [0.1, 0.15) is 11.6 Å². The molecule has 1 N–H and O–H groups in total. The number of aryl methyl sites for hydroxylation is 1. The lowest BCUT2D eigenvalue weighted by molar-refractivity contribution is 0.102. The molecule has 0 radical (unpaired) electrons. The topological polar surface area (TPSA) is 38.3 Å². The van der Waals surface area contributed by atoms with Crippen molar-refractivity contribution in [1.82, 2.24) is 0 Å². The van der Waals surface area contributed by atoms with Crippen molar-refractivity contribution in [2.75, 3.05) is 11.9 Å². The molecule has 3 nitrogen and oxygen atoms in total. The molecule has 0 aliphatic carbocycles. The van der Waals surface area contributed by atoms with Crippen LogP contribution in [0.1, 0.15) is 22.8 Å². The normalized spacial score (nSPS) is 10.2. The van der Waals surface area contributed by atoms with E-state index in [1.54, 1.807) is 31.2 Å². The van der Waals surface area contributed by atoms with E-state index in [0.717, 1.165) is 5.75 Å². The van der Waals surface area contributed by atoms with E-state index in [4.69, 9.17) is 4.74 Å². The van der Waals surface area contributed by atoms with Gasteiger partial charge < -0.3 is 10.1 Å². The van der Waals surface area contributed by atoms with Crippen molar-refractivity contribution in [3.05, 3.63) is 59.4 Å². The van der Waals surface area contributed by atoms with Gasteiger partial charge in [-0.3, -0.25) is 4.79 Å². The molecule has 2 rings (SSSR count). The molecule has 4 heteroatoms. The third kappa shape index (κ3) is 3.35. The van der Waals surface area contributed by atoms with Crippen molar-refractivity contribution in [2.24, 2.45) is 0 Å². The highest BCUT2D eigenvalue weighted by molar-refractivity contribution is 6.04. The summed E-state index contributed by atoms with van der Waals surface area (Å²) in [4.78, 5) is 12.0. The van der Waals surface area contributed by atoms with Crippen LogP contribution < -0.4 is 10.1 Å². The fourth-order valence-electron chi connectivity index (χ4n) is 1.79. The number of anilines is 1. The summed E-state index contributed by atoms with van der Waals surface area (Å²) in [6, 6.07) is 11.4. The zero-order chi connectivity index (χ0) is 14.5. The Labute approximate surface area is 117 Å². The number of hydrogen-bond acceptors (Lipinski definition) is 2. The molecule has 20 heavy (non-hydrogen) atoms. The molecule has 0 aliphatic heterocycles. The number of hydrogen-bond donors (Lipinski definition) is 1. The first-order chi connectivity index (χ1) is 9.60. The van der Waals surface area contributed by atoms with Gasteiger partial charge in [-0.05, 0) is 61.9 Å². The van der Waals surface area contributed by atoms with Crippen LogP contribution in [0.3, 0.4) is 0 Å². The summed E-state index contributed by atoms with van der Waals surface area (Å²) in [5, 5.41) is 2.76. The summed E-state index contributed by atoms with van der Waals surface area (Å²) in [5.74, 6) is 0.169. The lowest BCUT2D eigenvalue weighted by Crippen LogP contribution is -2.12. The van der Waals surface area contributed by atoms with E-state index in [1.165, 1.54) is 18.2 Å². The van der Waals surface area contributed by atoms with Gasteiger partial charge in [0.05, 0.1) is 6.61 Å². The molecule has 0 bridgehead atoms. The van der Waals surface area contributed by atoms with Crippen molar-refractivity contribution in [1.29, 1.82) is 0 Å². The highest BCUT2D eigenvalue weighted by atomic mass is 19.1. The van der Waals surface area contributed by atoms with Crippen LogP contribution in [0.15, 0.2) is 42.5 Å². The van der Waals surface area contributed by atoms with Gasteiger partial charge in [0, 0.05) is 11.3 Å². The third-order valence-corrected chi connectivity index (χ3v) is 2.84. The second-order valence-electron chi connectivity index (χ2n) is 4.38. The van der Waals surface area contributed by atoms with E-state index in [2.05, 4.69) is 5.32 Å². The van der Waals surface area contributed by atoms with Crippen LogP contribution in [0.25, 0.3) is 0 Å². The van der Waals surface area contributed by atoms with Gasteiger partial charge in [0.15, 0.2) is 0 Å². The lowest BCUT2D eigenvalue weighted by Gasteiger charge is -2.08. The lowest BCUT2D eigenvalue weighted by atomic mass is 10.1. The average molecular weight is 273 g/mol. The largest absolute Gasteiger partial charge is 0.494 e. The van der Waals surface area contributed by atoms with Crippen LogP contribution in [0.5, 0.6) is 5.75 Å². The molecular weight excluding hydrogens is 257 g/mol. The quantitative estimate of drug-likeness (QED) is 0.920. The summed E-state index contributed by atoms with van der Waals surface area (Å²) >= 11 is 0. The predicted molar refractivity (Wildman–Crippen MR) is 76.7 cm³/mol. The molecule has 0 fully saturated rings. The molecule has 0 saturated heterocycles. The summed E-state index contributed by atoms with van der Waals surface area (Å²) in [7, 11) is 0. The molecule has 0 spiro atoms. The van der Waals surface area contributed by atoms with Crippen molar-refractivity contribution in [2.45, 2.75) is 13.8 Å². The Bertz CT molecular complexity index is 608. The third-order valence-electron chi connectivity index (χ3n) is 2.84. The van der Waals surface area contributed by atoms with Crippen LogP contribution in [0.4, 0.5) is 10.1 Å². The Hall–Kier alpha value is -2.36.